The number of carbonyl (C=O) groups is 1. The number of rotatable bonds is 3. The molecule has 1 amide bonds. The van der Waals surface area contributed by atoms with Crippen molar-refractivity contribution in [3.63, 3.8) is 0 Å². The third-order valence-electron chi connectivity index (χ3n) is 2.37. The summed E-state index contributed by atoms with van der Waals surface area (Å²) < 4.78 is 4.88. The lowest BCUT2D eigenvalue weighted by Crippen LogP contribution is -2.18. The topological polar surface area (TPSA) is 77.2 Å². The molecule has 0 saturated heterocycles. The Hall–Kier alpha value is -2.56. The van der Waals surface area contributed by atoms with Gasteiger partial charge in [0.15, 0.2) is 0 Å². The summed E-state index contributed by atoms with van der Waals surface area (Å²) in [6, 6.07) is 13.2. The van der Waals surface area contributed by atoms with E-state index in [9.17, 15) is 4.79 Å². The van der Waals surface area contributed by atoms with Crippen LogP contribution >= 0.6 is 0 Å². The van der Waals surface area contributed by atoms with Crippen molar-refractivity contribution in [2.75, 3.05) is 12.8 Å². The van der Waals surface area contributed by atoms with E-state index in [0.717, 1.165) is 11.3 Å². The summed E-state index contributed by atoms with van der Waals surface area (Å²) in [7, 11) is 1.59. The van der Waals surface area contributed by atoms with Gasteiger partial charge in [0.05, 0.1) is 7.11 Å². The van der Waals surface area contributed by atoms with Crippen LogP contribution in [0.2, 0.25) is 0 Å². The number of nitrogens with one attached hydrogen (secondary N) is 1. The molecule has 1 aromatic heterocycles. The summed E-state index contributed by atoms with van der Waals surface area (Å²) in [5.74, 6) is 1.23. The lowest BCUT2D eigenvalue weighted by atomic mass is 10.2. The highest BCUT2D eigenvalue weighted by molar-refractivity contribution is 5.72. The summed E-state index contributed by atoms with van der Waals surface area (Å²) in [6.07, 6.45) is 1.61. The Labute approximate surface area is 118 Å². The molecule has 2 aromatic rings. The van der Waals surface area contributed by atoms with Crippen LogP contribution in [-0.2, 0) is 11.3 Å². The third kappa shape index (κ3) is 6.39. The van der Waals surface area contributed by atoms with Crippen LogP contribution in [0.15, 0.2) is 48.7 Å². The van der Waals surface area contributed by atoms with Gasteiger partial charge in [0.2, 0.25) is 5.91 Å². The molecule has 0 spiro atoms. The van der Waals surface area contributed by atoms with Gasteiger partial charge in [0, 0.05) is 25.7 Å². The number of carbonyl (C=O) groups excluding carboxylic acids is 1. The van der Waals surface area contributed by atoms with Crippen LogP contribution in [0.5, 0.6) is 5.75 Å². The first kappa shape index (κ1) is 15.5. The molecule has 106 valence electrons. The predicted molar refractivity (Wildman–Crippen MR) is 79.2 cm³/mol. The maximum Gasteiger partial charge on any atom is 0.217 e. The molecule has 0 aliphatic carbocycles. The van der Waals surface area contributed by atoms with E-state index in [0.29, 0.717) is 12.4 Å². The first-order chi connectivity index (χ1) is 9.61. The lowest BCUT2D eigenvalue weighted by molar-refractivity contribution is -0.119. The van der Waals surface area contributed by atoms with Crippen LogP contribution in [0.25, 0.3) is 0 Å². The molecule has 3 N–H and O–H groups in total. The Kier molecular flexibility index (Phi) is 6.61. The van der Waals surface area contributed by atoms with E-state index in [1.54, 1.807) is 25.4 Å². The monoisotopic (exact) mass is 273 g/mol. The predicted octanol–water partition coefficient (Wildman–Crippen LogP) is 2.00. The van der Waals surface area contributed by atoms with Crippen LogP contribution in [0, 0.1) is 0 Å². The van der Waals surface area contributed by atoms with Crippen molar-refractivity contribution in [2.24, 2.45) is 0 Å². The fourth-order valence-corrected chi connectivity index (χ4v) is 1.38. The molecule has 2 rings (SSSR count). The van der Waals surface area contributed by atoms with Crippen LogP contribution < -0.4 is 15.8 Å². The molecule has 0 aliphatic rings. The Bertz CT molecular complexity index is 530. The van der Waals surface area contributed by atoms with Gasteiger partial charge in [-0.25, -0.2) is 4.98 Å². The first-order valence-electron chi connectivity index (χ1n) is 6.15. The van der Waals surface area contributed by atoms with Crippen molar-refractivity contribution >= 4 is 11.7 Å². The van der Waals surface area contributed by atoms with Gasteiger partial charge in [0.25, 0.3) is 0 Å². The molecule has 20 heavy (non-hydrogen) atoms. The molecular weight excluding hydrogens is 254 g/mol. The number of aromatic nitrogens is 1. The number of nitrogens with two attached hydrogens (primary N) is 1. The van der Waals surface area contributed by atoms with Gasteiger partial charge >= 0.3 is 0 Å². The van der Waals surface area contributed by atoms with Crippen molar-refractivity contribution in [3.05, 3.63) is 54.2 Å². The zero-order valence-electron chi connectivity index (χ0n) is 11.7. The highest BCUT2D eigenvalue weighted by atomic mass is 16.5. The molecule has 0 radical (unpaired) electrons. The van der Waals surface area contributed by atoms with Crippen molar-refractivity contribution in [1.29, 1.82) is 0 Å². The van der Waals surface area contributed by atoms with Gasteiger partial charge < -0.3 is 15.8 Å². The number of amides is 1. The molecule has 5 nitrogen and oxygen atoms in total. The average Bonchev–Trinajstić information content (AvgIpc) is 2.47. The number of benzene rings is 1. The van der Waals surface area contributed by atoms with Crippen molar-refractivity contribution in [2.45, 2.75) is 13.5 Å². The maximum atomic E-state index is 10.5. The molecule has 0 saturated carbocycles. The van der Waals surface area contributed by atoms with Gasteiger partial charge in [-0.05, 0) is 11.6 Å². The van der Waals surface area contributed by atoms with Crippen LogP contribution in [0.1, 0.15) is 12.5 Å². The number of nitrogens with zero attached hydrogens (tertiary/aromatic N) is 1. The van der Waals surface area contributed by atoms with Crippen molar-refractivity contribution < 1.29 is 9.53 Å². The van der Waals surface area contributed by atoms with E-state index in [2.05, 4.69) is 10.3 Å². The Morgan fingerprint density at radius 3 is 2.50 bits per heavy atom. The van der Waals surface area contributed by atoms with E-state index in [1.165, 1.54) is 6.92 Å². The minimum Gasteiger partial charge on any atom is -0.497 e. The molecule has 0 atom stereocenters. The molecule has 1 aromatic carbocycles. The highest BCUT2D eigenvalue weighted by Gasteiger charge is 1.91. The van der Waals surface area contributed by atoms with Crippen LogP contribution in [-0.4, -0.2) is 18.0 Å². The number of hydrogen-bond acceptors (Lipinski definition) is 4. The van der Waals surface area contributed by atoms with E-state index in [4.69, 9.17) is 10.5 Å². The maximum absolute atomic E-state index is 10.5. The van der Waals surface area contributed by atoms with Crippen molar-refractivity contribution in [3.8, 4) is 5.75 Å². The van der Waals surface area contributed by atoms with E-state index in [-0.39, 0.29) is 5.91 Å². The number of pyridine rings is 1. The number of methoxy groups -OCH3 is 1. The number of ether oxygens (including phenoxy) is 1. The standard InChI is InChI=1S/C9H11NO.C6H8N2O/c1-8(11)10-7-9-5-3-2-4-6-9;1-9-5-2-3-8-6(7)4-5/h2-6H,7H2,1H3,(H,10,11);2-4H,1H3,(H2,7,8). The Morgan fingerprint density at radius 2 is 2.00 bits per heavy atom. The highest BCUT2D eigenvalue weighted by Crippen LogP contribution is 2.09. The smallest absolute Gasteiger partial charge is 0.217 e. The quantitative estimate of drug-likeness (QED) is 0.896. The normalized spacial score (nSPS) is 9.10. The fraction of sp³-hybridized carbons (Fsp3) is 0.200. The largest absolute Gasteiger partial charge is 0.497 e. The zero-order valence-corrected chi connectivity index (χ0v) is 11.7. The summed E-state index contributed by atoms with van der Waals surface area (Å²) in [5, 5.41) is 2.72. The van der Waals surface area contributed by atoms with Crippen LogP contribution in [0.4, 0.5) is 5.82 Å². The molecule has 1 heterocycles. The van der Waals surface area contributed by atoms with Gasteiger partial charge in [0.1, 0.15) is 11.6 Å². The van der Waals surface area contributed by atoms with Crippen molar-refractivity contribution in [1.82, 2.24) is 10.3 Å². The molecular formula is C15H19N3O2. The van der Waals surface area contributed by atoms with Gasteiger partial charge in [-0.1, -0.05) is 30.3 Å². The zero-order chi connectivity index (χ0) is 14.8. The summed E-state index contributed by atoms with van der Waals surface area (Å²) in [4.78, 5) is 14.3. The Balaban J connectivity index is 0.000000204. The minimum atomic E-state index is 0.00820. The molecule has 0 bridgehead atoms. The van der Waals surface area contributed by atoms with E-state index >= 15 is 0 Å². The van der Waals surface area contributed by atoms with Gasteiger partial charge in [-0.15, -0.1) is 0 Å². The molecule has 0 fully saturated rings. The Morgan fingerprint density at radius 1 is 1.30 bits per heavy atom. The minimum absolute atomic E-state index is 0.00820. The number of nitrogen functional groups attached to an aromatic ring is 1. The summed E-state index contributed by atoms with van der Waals surface area (Å²) in [6.45, 7) is 2.14. The second kappa shape index (κ2) is 8.53. The molecule has 5 heteroatoms. The van der Waals surface area contributed by atoms with E-state index < -0.39 is 0 Å². The number of anilines is 1. The molecule has 0 aliphatic heterocycles. The number of hydrogen-bond donors (Lipinski definition) is 2. The van der Waals surface area contributed by atoms with Crippen LogP contribution in [0.3, 0.4) is 0 Å². The average molecular weight is 273 g/mol. The summed E-state index contributed by atoms with van der Waals surface area (Å²) >= 11 is 0. The van der Waals surface area contributed by atoms with E-state index in [1.807, 2.05) is 30.3 Å². The fourth-order valence-electron chi connectivity index (χ4n) is 1.38. The first-order valence-corrected chi connectivity index (χ1v) is 6.15. The van der Waals surface area contributed by atoms with Gasteiger partial charge in [-0.2, -0.15) is 0 Å². The third-order valence-corrected chi connectivity index (χ3v) is 2.37. The second-order valence-electron chi connectivity index (χ2n) is 4.02. The SMILES string of the molecule is CC(=O)NCc1ccccc1.COc1ccnc(N)c1. The summed E-state index contributed by atoms with van der Waals surface area (Å²) in [5.41, 5.74) is 6.47. The van der Waals surface area contributed by atoms with Gasteiger partial charge in [-0.3, -0.25) is 4.79 Å². The molecule has 0 unspecified atom stereocenters. The lowest BCUT2D eigenvalue weighted by Gasteiger charge is -2.00. The second-order valence-corrected chi connectivity index (χ2v) is 4.02.